The van der Waals surface area contributed by atoms with Crippen molar-refractivity contribution in [2.24, 2.45) is 0 Å². The molecule has 0 aliphatic rings. The molecule has 3 aromatic carbocycles. The van der Waals surface area contributed by atoms with Crippen LogP contribution in [0.15, 0.2) is 91.0 Å². The van der Waals surface area contributed by atoms with Crippen molar-refractivity contribution < 1.29 is 9.59 Å². The lowest BCUT2D eigenvalue weighted by Gasteiger charge is -2.19. The van der Waals surface area contributed by atoms with Crippen molar-refractivity contribution in [3.8, 4) is 0 Å². The van der Waals surface area contributed by atoms with Crippen LogP contribution < -0.4 is 10.9 Å². The van der Waals surface area contributed by atoms with E-state index in [9.17, 15) is 9.59 Å². The van der Waals surface area contributed by atoms with E-state index in [0.29, 0.717) is 11.1 Å². The maximum atomic E-state index is 12.6. The summed E-state index contributed by atoms with van der Waals surface area (Å²) in [6, 6.07) is 27.4. The van der Waals surface area contributed by atoms with Gasteiger partial charge in [0.1, 0.15) is 0 Å². The van der Waals surface area contributed by atoms with Gasteiger partial charge in [0.05, 0.1) is 6.04 Å². The second-order valence-electron chi connectivity index (χ2n) is 5.92. The van der Waals surface area contributed by atoms with Crippen LogP contribution in [0, 0.1) is 0 Å². The molecule has 1 amide bonds. The van der Waals surface area contributed by atoms with Crippen LogP contribution in [-0.4, -0.2) is 11.7 Å². The Kier molecular flexibility index (Phi) is 5.91. The van der Waals surface area contributed by atoms with Gasteiger partial charge in [-0.2, -0.15) is 0 Å². The Morgan fingerprint density at radius 3 is 1.77 bits per heavy atom. The quantitative estimate of drug-likeness (QED) is 0.504. The van der Waals surface area contributed by atoms with Crippen molar-refractivity contribution in [1.82, 2.24) is 10.9 Å². The maximum absolute atomic E-state index is 12.6. The van der Waals surface area contributed by atoms with Crippen molar-refractivity contribution in [2.45, 2.75) is 12.5 Å². The molecule has 4 heteroatoms. The molecule has 0 radical (unpaired) electrons. The Morgan fingerprint density at radius 1 is 0.692 bits per heavy atom. The molecule has 0 aromatic heterocycles. The molecule has 0 aliphatic heterocycles. The van der Waals surface area contributed by atoms with Crippen LogP contribution in [0.4, 0.5) is 0 Å². The average Bonchev–Trinajstić information content (AvgIpc) is 2.72. The van der Waals surface area contributed by atoms with Crippen molar-refractivity contribution in [3.63, 3.8) is 0 Å². The average molecular weight is 344 g/mol. The Bertz CT molecular complexity index is 849. The highest BCUT2D eigenvalue weighted by Crippen LogP contribution is 2.18. The summed E-state index contributed by atoms with van der Waals surface area (Å²) in [7, 11) is 0. The molecule has 0 heterocycles. The van der Waals surface area contributed by atoms with E-state index in [0.717, 1.165) is 5.56 Å². The van der Waals surface area contributed by atoms with E-state index in [-0.39, 0.29) is 24.2 Å². The van der Waals surface area contributed by atoms with Gasteiger partial charge in [0.2, 0.25) is 0 Å². The molecule has 1 atom stereocenters. The lowest BCUT2D eigenvalue weighted by molar-refractivity contribution is 0.0900. The fraction of sp³-hybridized carbons (Fsp3) is 0.0909. The second kappa shape index (κ2) is 8.74. The zero-order valence-corrected chi connectivity index (χ0v) is 14.3. The van der Waals surface area contributed by atoms with Gasteiger partial charge in [0, 0.05) is 17.5 Å². The molecule has 0 saturated heterocycles. The fourth-order valence-corrected chi connectivity index (χ4v) is 2.68. The third-order valence-electron chi connectivity index (χ3n) is 4.08. The molecule has 0 bridgehead atoms. The Hall–Kier alpha value is -3.24. The van der Waals surface area contributed by atoms with Gasteiger partial charge in [0.25, 0.3) is 5.91 Å². The van der Waals surface area contributed by atoms with E-state index in [4.69, 9.17) is 0 Å². The highest BCUT2D eigenvalue weighted by atomic mass is 16.2. The normalized spacial score (nSPS) is 11.5. The first-order valence-corrected chi connectivity index (χ1v) is 8.48. The molecule has 0 saturated carbocycles. The number of hydrogen-bond donors (Lipinski definition) is 2. The lowest BCUT2D eigenvalue weighted by atomic mass is 9.98. The topological polar surface area (TPSA) is 58.2 Å². The Balaban J connectivity index is 1.72. The van der Waals surface area contributed by atoms with Gasteiger partial charge in [-0.25, -0.2) is 5.43 Å². The van der Waals surface area contributed by atoms with Crippen LogP contribution in [0.25, 0.3) is 0 Å². The number of ketones is 1. The highest BCUT2D eigenvalue weighted by Gasteiger charge is 2.18. The fourth-order valence-electron chi connectivity index (χ4n) is 2.68. The summed E-state index contributed by atoms with van der Waals surface area (Å²) in [5, 5.41) is 0. The van der Waals surface area contributed by atoms with E-state index in [2.05, 4.69) is 10.9 Å². The van der Waals surface area contributed by atoms with Gasteiger partial charge in [-0.15, -0.1) is 0 Å². The summed E-state index contributed by atoms with van der Waals surface area (Å²) in [6.07, 6.45) is 0.239. The molecule has 4 nitrogen and oxygen atoms in total. The summed E-state index contributed by atoms with van der Waals surface area (Å²) in [4.78, 5) is 24.9. The van der Waals surface area contributed by atoms with Crippen molar-refractivity contribution in [3.05, 3.63) is 108 Å². The summed E-state index contributed by atoms with van der Waals surface area (Å²) in [5.74, 6) is -0.223. The molecular weight excluding hydrogens is 324 g/mol. The number of Topliss-reactive ketones (excluding diaryl/α,β-unsaturated/α-hetero) is 1. The molecule has 3 rings (SSSR count). The van der Waals surface area contributed by atoms with Crippen molar-refractivity contribution >= 4 is 11.7 Å². The molecule has 3 aromatic rings. The van der Waals surface area contributed by atoms with E-state index < -0.39 is 0 Å². The molecule has 0 spiro atoms. The Labute approximate surface area is 152 Å². The van der Waals surface area contributed by atoms with Crippen molar-refractivity contribution in [2.75, 3.05) is 0 Å². The van der Waals surface area contributed by atoms with E-state index in [1.165, 1.54) is 0 Å². The monoisotopic (exact) mass is 344 g/mol. The predicted molar refractivity (Wildman–Crippen MR) is 102 cm³/mol. The minimum absolute atomic E-state index is 0.0147. The van der Waals surface area contributed by atoms with Crippen LogP contribution in [0.5, 0.6) is 0 Å². The molecule has 26 heavy (non-hydrogen) atoms. The second-order valence-corrected chi connectivity index (χ2v) is 5.92. The summed E-state index contributed by atoms with van der Waals surface area (Å²) in [6.45, 7) is 0. The number of carbonyl (C=O) groups excluding carboxylic acids is 2. The first-order chi connectivity index (χ1) is 12.7. The zero-order valence-electron chi connectivity index (χ0n) is 14.3. The number of nitrogens with one attached hydrogen (secondary N) is 2. The predicted octanol–water partition coefficient (Wildman–Crippen LogP) is 3.94. The minimum atomic E-state index is -0.323. The van der Waals surface area contributed by atoms with Gasteiger partial charge in [-0.3, -0.25) is 15.0 Å². The molecular formula is C22H20N2O2. The summed E-state index contributed by atoms with van der Waals surface area (Å²) in [5.41, 5.74) is 7.88. The number of hydrazine groups is 1. The minimum Gasteiger partial charge on any atom is -0.294 e. The summed E-state index contributed by atoms with van der Waals surface area (Å²) >= 11 is 0. The molecule has 2 N–H and O–H groups in total. The first-order valence-electron chi connectivity index (χ1n) is 8.48. The zero-order chi connectivity index (χ0) is 18.2. The molecule has 130 valence electrons. The number of carbonyl (C=O) groups is 2. The van der Waals surface area contributed by atoms with Gasteiger partial charge >= 0.3 is 0 Å². The summed E-state index contributed by atoms with van der Waals surface area (Å²) < 4.78 is 0. The largest absolute Gasteiger partial charge is 0.294 e. The first kappa shape index (κ1) is 17.6. The number of rotatable bonds is 7. The molecule has 1 unspecified atom stereocenters. The molecule has 0 fully saturated rings. The van der Waals surface area contributed by atoms with Gasteiger partial charge < -0.3 is 0 Å². The van der Waals surface area contributed by atoms with Crippen LogP contribution in [0.2, 0.25) is 0 Å². The number of benzene rings is 3. The van der Waals surface area contributed by atoms with Crippen molar-refractivity contribution in [1.29, 1.82) is 0 Å². The smallest absolute Gasteiger partial charge is 0.265 e. The van der Waals surface area contributed by atoms with E-state index in [1.54, 1.807) is 24.3 Å². The number of amides is 1. The standard InChI is InChI=1S/C22H20N2O2/c25-21(18-12-6-2-7-13-18)16-20(17-10-4-1-5-11-17)23-24-22(26)19-14-8-3-9-15-19/h1-15,20,23H,16H2,(H,24,26). The van der Waals surface area contributed by atoms with E-state index in [1.807, 2.05) is 66.7 Å². The van der Waals surface area contributed by atoms with Gasteiger partial charge in [-0.05, 0) is 17.7 Å². The third kappa shape index (κ3) is 4.65. The van der Waals surface area contributed by atoms with Crippen LogP contribution >= 0.6 is 0 Å². The van der Waals surface area contributed by atoms with Gasteiger partial charge in [-0.1, -0.05) is 78.9 Å². The molecule has 0 aliphatic carbocycles. The lowest BCUT2D eigenvalue weighted by Crippen LogP contribution is -2.40. The Morgan fingerprint density at radius 2 is 1.19 bits per heavy atom. The maximum Gasteiger partial charge on any atom is 0.265 e. The van der Waals surface area contributed by atoms with Gasteiger partial charge in [0.15, 0.2) is 5.78 Å². The van der Waals surface area contributed by atoms with E-state index >= 15 is 0 Å². The van der Waals surface area contributed by atoms with Crippen LogP contribution in [0.1, 0.15) is 38.7 Å². The highest BCUT2D eigenvalue weighted by molar-refractivity contribution is 5.96. The van der Waals surface area contributed by atoms with Crippen LogP contribution in [0.3, 0.4) is 0 Å². The SMILES string of the molecule is O=C(CC(NNC(=O)c1ccccc1)c1ccccc1)c1ccccc1. The third-order valence-corrected chi connectivity index (χ3v) is 4.08. The van der Waals surface area contributed by atoms with Crippen LogP contribution in [-0.2, 0) is 0 Å². The number of hydrogen-bond acceptors (Lipinski definition) is 3.